The number of fused-ring (bicyclic) bond motifs is 9. The summed E-state index contributed by atoms with van der Waals surface area (Å²) in [7, 11) is 0. The van der Waals surface area contributed by atoms with Gasteiger partial charge in [-0.05, 0) is 69.8 Å². The zero-order valence-electron chi connectivity index (χ0n) is 33.9. The van der Waals surface area contributed by atoms with E-state index in [1.54, 1.807) is 0 Å². The van der Waals surface area contributed by atoms with Gasteiger partial charge in [-0.1, -0.05) is 176 Å². The van der Waals surface area contributed by atoms with Gasteiger partial charge < -0.3 is 4.42 Å². The summed E-state index contributed by atoms with van der Waals surface area (Å²) in [6.07, 6.45) is 0. The van der Waals surface area contributed by atoms with Crippen LogP contribution in [0.3, 0.4) is 0 Å². The van der Waals surface area contributed by atoms with Crippen molar-refractivity contribution in [3.8, 4) is 56.7 Å². The summed E-state index contributed by atoms with van der Waals surface area (Å²) < 4.78 is 10.9. The molecule has 0 unspecified atom stereocenters. The quantitative estimate of drug-likeness (QED) is 0.168. The van der Waals surface area contributed by atoms with Crippen molar-refractivity contribution >= 4 is 65.6 Å². The molecule has 0 aliphatic rings. The SMILES string of the molecule is c1ccc(-c2ccc3c4ccccc4n(-c4nc(-c5cccc6oc7ccccc7c56)nc(-n5c6cc(-c7ccccc7)ccc6c6ccc(-c7ccccc7)cc65)n4)c3c2)cc1. The normalized spacial score (nSPS) is 11.8. The first-order chi connectivity index (χ1) is 31.2. The summed E-state index contributed by atoms with van der Waals surface area (Å²) in [5, 5.41) is 6.43. The van der Waals surface area contributed by atoms with Gasteiger partial charge in [0.1, 0.15) is 11.2 Å². The molecule has 0 bridgehead atoms. The summed E-state index contributed by atoms with van der Waals surface area (Å²) in [6, 6.07) is 74.5. The van der Waals surface area contributed by atoms with Crippen LogP contribution >= 0.6 is 0 Å². The molecule has 4 aromatic heterocycles. The Hall–Kier alpha value is -8.61. The molecule has 0 radical (unpaired) electrons. The highest BCUT2D eigenvalue weighted by Gasteiger charge is 2.23. The maximum absolute atomic E-state index is 6.43. The third-order valence-electron chi connectivity index (χ3n) is 12.4. The van der Waals surface area contributed by atoms with Crippen molar-refractivity contribution in [3.05, 3.63) is 212 Å². The molecule has 63 heavy (non-hydrogen) atoms. The average molecular weight is 806 g/mol. The molecule has 0 N–H and O–H groups in total. The van der Waals surface area contributed by atoms with Crippen molar-refractivity contribution in [1.82, 2.24) is 24.1 Å². The number of aromatic nitrogens is 5. The van der Waals surface area contributed by atoms with E-state index in [9.17, 15) is 0 Å². The highest BCUT2D eigenvalue weighted by molar-refractivity contribution is 6.13. The second kappa shape index (κ2) is 14.0. The molecule has 13 rings (SSSR count). The number of furan rings is 1. The van der Waals surface area contributed by atoms with Crippen LogP contribution in [0.15, 0.2) is 217 Å². The Labute approximate surface area is 361 Å². The van der Waals surface area contributed by atoms with E-state index in [2.05, 4.69) is 191 Å². The minimum absolute atomic E-state index is 0.514. The van der Waals surface area contributed by atoms with Crippen molar-refractivity contribution in [2.75, 3.05) is 0 Å². The molecule has 0 aliphatic carbocycles. The van der Waals surface area contributed by atoms with Gasteiger partial charge in [0.25, 0.3) is 0 Å². The molecule has 0 amide bonds. The number of hydrogen-bond donors (Lipinski definition) is 0. The zero-order valence-corrected chi connectivity index (χ0v) is 33.9. The predicted octanol–water partition coefficient (Wildman–Crippen LogP) is 14.6. The second-order valence-electron chi connectivity index (χ2n) is 16.0. The Morgan fingerprint density at radius 2 is 0.730 bits per heavy atom. The molecular weight excluding hydrogens is 771 g/mol. The lowest BCUT2D eigenvalue weighted by molar-refractivity contribution is 0.669. The van der Waals surface area contributed by atoms with E-state index in [1.165, 1.54) is 0 Å². The monoisotopic (exact) mass is 805 g/mol. The van der Waals surface area contributed by atoms with E-state index in [0.717, 1.165) is 104 Å². The zero-order chi connectivity index (χ0) is 41.4. The highest BCUT2D eigenvalue weighted by Crippen LogP contribution is 2.40. The topological polar surface area (TPSA) is 61.7 Å². The van der Waals surface area contributed by atoms with Gasteiger partial charge in [0.2, 0.25) is 11.9 Å². The maximum atomic E-state index is 6.43. The number of para-hydroxylation sites is 2. The molecule has 6 nitrogen and oxygen atoms in total. The van der Waals surface area contributed by atoms with Crippen LogP contribution in [0.25, 0.3) is 122 Å². The van der Waals surface area contributed by atoms with E-state index in [1.807, 2.05) is 30.3 Å². The minimum atomic E-state index is 0.514. The van der Waals surface area contributed by atoms with Crippen LogP contribution in [0, 0.1) is 0 Å². The van der Waals surface area contributed by atoms with Gasteiger partial charge >= 0.3 is 0 Å². The van der Waals surface area contributed by atoms with Crippen molar-refractivity contribution in [1.29, 1.82) is 0 Å². The lowest BCUT2D eigenvalue weighted by atomic mass is 10.0. The number of benzene rings is 9. The number of hydrogen-bond acceptors (Lipinski definition) is 4. The molecule has 6 heteroatoms. The lowest BCUT2D eigenvalue weighted by Gasteiger charge is -2.14. The van der Waals surface area contributed by atoms with Gasteiger partial charge in [0.05, 0.1) is 22.1 Å². The summed E-state index contributed by atoms with van der Waals surface area (Å²) in [5.74, 6) is 1.58. The Bertz CT molecular complexity index is 3810. The first-order valence-corrected chi connectivity index (χ1v) is 21.2. The van der Waals surface area contributed by atoms with Crippen LogP contribution in [0.1, 0.15) is 0 Å². The van der Waals surface area contributed by atoms with Gasteiger partial charge in [-0.25, -0.2) is 0 Å². The van der Waals surface area contributed by atoms with E-state index in [0.29, 0.717) is 17.7 Å². The molecular formula is C57H35N5O. The predicted molar refractivity (Wildman–Crippen MR) is 258 cm³/mol. The maximum Gasteiger partial charge on any atom is 0.240 e. The lowest BCUT2D eigenvalue weighted by Crippen LogP contribution is -2.10. The Balaban J connectivity index is 1.16. The molecule has 0 aliphatic heterocycles. The van der Waals surface area contributed by atoms with Crippen molar-refractivity contribution < 1.29 is 4.42 Å². The molecule has 13 aromatic rings. The average Bonchev–Trinajstić information content (AvgIpc) is 4.01. The van der Waals surface area contributed by atoms with E-state index in [4.69, 9.17) is 19.4 Å². The van der Waals surface area contributed by atoms with Crippen LogP contribution < -0.4 is 0 Å². The summed E-state index contributed by atoms with van der Waals surface area (Å²) in [6.45, 7) is 0. The van der Waals surface area contributed by atoms with Crippen molar-refractivity contribution in [2.24, 2.45) is 0 Å². The molecule has 294 valence electrons. The molecule has 9 aromatic carbocycles. The summed E-state index contributed by atoms with van der Waals surface area (Å²) in [5.41, 5.74) is 13.2. The van der Waals surface area contributed by atoms with Gasteiger partial charge in [0, 0.05) is 37.9 Å². The fourth-order valence-electron chi connectivity index (χ4n) is 9.49. The van der Waals surface area contributed by atoms with Crippen LogP contribution in [0.2, 0.25) is 0 Å². The van der Waals surface area contributed by atoms with Gasteiger partial charge in [-0.15, -0.1) is 0 Å². The fourth-order valence-corrected chi connectivity index (χ4v) is 9.49. The smallest absolute Gasteiger partial charge is 0.240 e. The summed E-state index contributed by atoms with van der Waals surface area (Å²) in [4.78, 5) is 16.5. The van der Waals surface area contributed by atoms with Gasteiger partial charge in [-0.3, -0.25) is 9.13 Å². The molecule has 0 fully saturated rings. The standard InChI is InChI=1S/C57H35N5O/c1-4-15-36(16-5-1)39-27-30-43-42-21-10-12-24-48(42)61(49(43)33-39)56-58-55(47-23-14-26-53-54(47)46-22-11-13-25-52(46)63-53)59-57(60-56)62-50-34-40(37-17-6-2-7-18-37)28-31-44(50)45-32-29-41(35-51(45)62)38-19-8-3-9-20-38/h1-35H. The van der Waals surface area contributed by atoms with Crippen LogP contribution in [-0.2, 0) is 0 Å². The minimum Gasteiger partial charge on any atom is -0.456 e. The number of nitrogens with zero attached hydrogens (tertiary/aromatic N) is 5. The van der Waals surface area contributed by atoms with E-state index >= 15 is 0 Å². The van der Waals surface area contributed by atoms with Crippen molar-refractivity contribution in [2.45, 2.75) is 0 Å². The molecule has 0 saturated heterocycles. The Morgan fingerprint density at radius 1 is 0.302 bits per heavy atom. The Kier molecular flexibility index (Phi) is 7.80. The third kappa shape index (κ3) is 5.62. The molecule has 0 atom stereocenters. The first kappa shape index (κ1) is 35.2. The molecule has 4 heterocycles. The highest BCUT2D eigenvalue weighted by atomic mass is 16.3. The van der Waals surface area contributed by atoms with Crippen molar-refractivity contribution in [3.63, 3.8) is 0 Å². The second-order valence-corrected chi connectivity index (χ2v) is 16.0. The third-order valence-corrected chi connectivity index (χ3v) is 12.4. The largest absolute Gasteiger partial charge is 0.456 e. The fraction of sp³-hybridized carbons (Fsp3) is 0. The molecule has 0 spiro atoms. The van der Waals surface area contributed by atoms with E-state index < -0.39 is 0 Å². The first-order valence-electron chi connectivity index (χ1n) is 21.2. The van der Waals surface area contributed by atoms with Crippen LogP contribution in [-0.4, -0.2) is 24.1 Å². The summed E-state index contributed by atoms with van der Waals surface area (Å²) >= 11 is 0. The Morgan fingerprint density at radius 3 is 1.27 bits per heavy atom. The van der Waals surface area contributed by atoms with Crippen LogP contribution in [0.4, 0.5) is 0 Å². The van der Waals surface area contributed by atoms with Crippen LogP contribution in [0.5, 0.6) is 0 Å². The van der Waals surface area contributed by atoms with Gasteiger partial charge in [0.15, 0.2) is 5.82 Å². The molecule has 0 saturated carbocycles. The van der Waals surface area contributed by atoms with E-state index in [-0.39, 0.29) is 0 Å². The number of rotatable bonds is 6. The van der Waals surface area contributed by atoms with Gasteiger partial charge in [-0.2, -0.15) is 15.0 Å².